The minimum Gasteiger partial charge on any atom is -0.273 e. The molecule has 1 heterocycles. The van der Waals surface area contributed by atoms with Crippen molar-refractivity contribution in [3.63, 3.8) is 0 Å². The largest absolute Gasteiger partial charge is 0.273 e. The molecule has 0 spiro atoms. The lowest BCUT2D eigenvalue weighted by Gasteiger charge is -2.15. The van der Waals surface area contributed by atoms with Crippen molar-refractivity contribution in [1.82, 2.24) is 0 Å². The fourth-order valence-electron chi connectivity index (χ4n) is 1.91. The summed E-state index contributed by atoms with van der Waals surface area (Å²) in [6.45, 7) is 0. The average molecular weight is 304 g/mol. The van der Waals surface area contributed by atoms with E-state index in [1.165, 1.54) is 65.2 Å². The Morgan fingerprint density at radius 1 is 0.952 bits per heavy atom. The number of carbonyl (C=O) groups excluding carboxylic acids is 1. The third kappa shape index (κ3) is 2.95. The number of amides is 1. The minimum absolute atomic E-state index is 0.118. The molecule has 0 aromatic heterocycles. The highest BCUT2D eigenvalue weighted by molar-refractivity contribution is 8.15. The van der Waals surface area contributed by atoms with E-state index in [4.69, 9.17) is 0 Å². The predicted octanol–water partition coefficient (Wildman–Crippen LogP) is 3.73. The quantitative estimate of drug-likeness (QED) is 0.847. The van der Waals surface area contributed by atoms with Crippen molar-refractivity contribution < 1.29 is 13.6 Å². The zero-order valence-electron chi connectivity index (χ0n) is 10.8. The van der Waals surface area contributed by atoms with E-state index in [2.05, 4.69) is 4.99 Å². The molecule has 1 saturated heterocycles. The van der Waals surface area contributed by atoms with E-state index in [0.29, 0.717) is 16.5 Å². The minimum atomic E-state index is -0.366. The van der Waals surface area contributed by atoms with E-state index in [0.717, 1.165) is 0 Å². The Balaban J connectivity index is 1.95. The molecule has 2 aromatic rings. The third-order valence-electron chi connectivity index (χ3n) is 2.90. The van der Waals surface area contributed by atoms with Crippen molar-refractivity contribution in [2.45, 2.75) is 0 Å². The number of anilines is 1. The van der Waals surface area contributed by atoms with E-state index in [1.54, 1.807) is 0 Å². The molecule has 3 rings (SSSR count). The van der Waals surface area contributed by atoms with Crippen molar-refractivity contribution in [1.29, 1.82) is 0 Å². The Hall–Kier alpha value is -2.21. The normalized spacial score (nSPS) is 16.8. The number of carbonyl (C=O) groups is 1. The van der Waals surface area contributed by atoms with Gasteiger partial charge in [0, 0.05) is 0 Å². The van der Waals surface area contributed by atoms with Crippen molar-refractivity contribution >= 4 is 34.2 Å². The molecule has 0 atom stereocenters. The molecule has 1 aliphatic heterocycles. The van der Waals surface area contributed by atoms with E-state index in [9.17, 15) is 13.6 Å². The maximum atomic E-state index is 13.0. The first-order valence-corrected chi connectivity index (χ1v) is 7.17. The van der Waals surface area contributed by atoms with E-state index < -0.39 is 0 Å². The molecular formula is C15H10F2N2OS. The molecule has 1 aliphatic rings. The SMILES string of the molecule is O=C1CSC(=Nc2ccc(F)cc2)N1c1ccc(F)cc1. The molecule has 106 valence electrons. The highest BCUT2D eigenvalue weighted by Crippen LogP contribution is 2.29. The maximum absolute atomic E-state index is 13.0. The summed E-state index contributed by atoms with van der Waals surface area (Å²) < 4.78 is 25.9. The van der Waals surface area contributed by atoms with Gasteiger partial charge in [0.05, 0.1) is 17.1 Å². The van der Waals surface area contributed by atoms with Gasteiger partial charge >= 0.3 is 0 Å². The lowest BCUT2D eigenvalue weighted by atomic mass is 10.3. The smallest absolute Gasteiger partial charge is 0.243 e. The molecule has 21 heavy (non-hydrogen) atoms. The standard InChI is InChI=1S/C15H10F2N2OS/c16-10-1-5-12(6-2-10)18-15-19(14(20)9-21-15)13-7-3-11(17)4-8-13/h1-8H,9H2. The third-order valence-corrected chi connectivity index (χ3v) is 3.82. The highest BCUT2D eigenvalue weighted by Gasteiger charge is 2.29. The Morgan fingerprint density at radius 2 is 1.52 bits per heavy atom. The van der Waals surface area contributed by atoms with Gasteiger partial charge in [0.15, 0.2) is 5.17 Å². The van der Waals surface area contributed by atoms with Crippen molar-refractivity contribution in [2.24, 2.45) is 4.99 Å². The van der Waals surface area contributed by atoms with Gasteiger partial charge in [0.2, 0.25) is 5.91 Å². The summed E-state index contributed by atoms with van der Waals surface area (Å²) in [4.78, 5) is 17.8. The Labute approximate surface area is 124 Å². The van der Waals surface area contributed by atoms with Crippen molar-refractivity contribution in [2.75, 3.05) is 10.7 Å². The van der Waals surface area contributed by atoms with E-state index in [-0.39, 0.29) is 23.3 Å². The summed E-state index contributed by atoms with van der Waals surface area (Å²) in [5.41, 5.74) is 1.12. The van der Waals surface area contributed by atoms with Gasteiger partial charge in [-0.1, -0.05) is 11.8 Å². The van der Waals surface area contributed by atoms with Crippen LogP contribution in [-0.4, -0.2) is 16.8 Å². The zero-order valence-corrected chi connectivity index (χ0v) is 11.6. The molecule has 1 amide bonds. The predicted molar refractivity (Wildman–Crippen MR) is 79.8 cm³/mol. The summed E-state index contributed by atoms with van der Waals surface area (Å²) in [6.07, 6.45) is 0. The number of amidine groups is 1. The summed E-state index contributed by atoms with van der Waals surface area (Å²) in [6, 6.07) is 11.3. The van der Waals surface area contributed by atoms with Gasteiger partial charge in [-0.15, -0.1) is 0 Å². The first-order valence-electron chi connectivity index (χ1n) is 6.19. The molecular weight excluding hydrogens is 294 g/mol. The molecule has 0 aliphatic carbocycles. The van der Waals surface area contributed by atoms with Gasteiger partial charge in [-0.2, -0.15) is 0 Å². The molecule has 3 nitrogen and oxygen atoms in total. The zero-order chi connectivity index (χ0) is 14.8. The average Bonchev–Trinajstić information content (AvgIpc) is 2.83. The number of aliphatic imine (C=N–C) groups is 1. The number of hydrogen-bond acceptors (Lipinski definition) is 3. The van der Waals surface area contributed by atoms with Gasteiger partial charge in [-0.3, -0.25) is 9.69 Å². The molecule has 0 N–H and O–H groups in total. The number of rotatable bonds is 2. The van der Waals surface area contributed by atoms with Crippen LogP contribution in [0.5, 0.6) is 0 Å². The van der Waals surface area contributed by atoms with Gasteiger partial charge in [0.1, 0.15) is 11.6 Å². The number of thioether (sulfide) groups is 1. The molecule has 0 unspecified atom stereocenters. The molecule has 1 fully saturated rings. The second-order valence-electron chi connectivity index (χ2n) is 4.37. The number of halogens is 2. The van der Waals surface area contributed by atoms with Crippen LogP contribution in [0.25, 0.3) is 0 Å². The second-order valence-corrected chi connectivity index (χ2v) is 5.31. The summed E-state index contributed by atoms with van der Waals surface area (Å²) in [5, 5.41) is 0.498. The molecule has 2 aromatic carbocycles. The Kier molecular flexibility index (Phi) is 3.70. The summed E-state index contributed by atoms with van der Waals surface area (Å²) in [5.74, 6) is -0.552. The van der Waals surface area contributed by atoms with Crippen LogP contribution in [-0.2, 0) is 4.79 Å². The fourth-order valence-corrected chi connectivity index (χ4v) is 2.80. The number of hydrogen-bond donors (Lipinski definition) is 0. The lowest BCUT2D eigenvalue weighted by molar-refractivity contribution is -0.115. The second kappa shape index (κ2) is 5.65. The molecule has 6 heteroatoms. The maximum Gasteiger partial charge on any atom is 0.243 e. The van der Waals surface area contributed by atoms with Crippen LogP contribution >= 0.6 is 11.8 Å². The highest BCUT2D eigenvalue weighted by atomic mass is 32.2. The van der Waals surface area contributed by atoms with Gasteiger partial charge in [-0.05, 0) is 48.5 Å². The molecule has 0 saturated carbocycles. The van der Waals surface area contributed by atoms with Gasteiger partial charge in [0.25, 0.3) is 0 Å². The van der Waals surface area contributed by atoms with Crippen LogP contribution in [0, 0.1) is 11.6 Å². The molecule has 0 bridgehead atoms. The number of benzene rings is 2. The van der Waals surface area contributed by atoms with Crippen LogP contribution in [0.2, 0.25) is 0 Å². The summed E-state index contributed by atoms with van der Waals surface area (Å²) in [7, 11) is 0. The Bertz CT molecular complexity index is 699. The van der Waals surface area contributed by atoms with Crippen molar-refractivity contribution in [3.05, 3.63) is 60.2 Å². The lowest BCUT2D eigenvalue weighted by Crippen LogP contribution is -2.29. The first kappa shape index (κ1) is 13.8. The van der Waals surface area contributed by atoms with E-state index in [1.807, 2.05) is 0 Å². The van der Waals surface area contributed by atoms with Crippen LogP contribution in [0.1, 0.15) is 0 Å². The number of nitrogens with zero attached hydrogens (tertiary/aromatic N) is 2. The Morgan fingerprint density at radius 3 is 2.14 bits per heavy atom. The monoisotopic (exact) mass is 304 g/mol. The van der Waals surface area contributed by atoms with Crippen LogP contribution < -0.4 is 4.90 Å². The molecule has 0 radical (unpaired) electrons. The first-order chi connectivity index (χ1) is 10.1. The topological polar surface area (TPSA) is 32.7 Å². The fraction of sp³-hybridized carbons (Fsp3) is 0.0667. The van der Waals surface area contributed by atoms with Crippen LogP contribution in [0.15, 0.2) is 53.5 Å². The van der Waals surface area contributed by atoms with Gasteiger partial charge < -0.3 is 0 Å². The van der Waals surface area contributed by atoms with Gasteiger partial charge in [-0.25, -0.2) is 13.8 Å². The summed E-state index contributed by atoms with van der Waals surface area (Å²) >= 11 is 1.30. The van der Waals surface area contributed by atoms with Crippen LogP contribution in [0.3, 0.4) is 0 Å². The van der Waals surface area contributed by atoms with E-state index >= 15 is 0 Å². The van der Waals surface area contributed by atoms with Crippen molar-refractivity contribution in [3.8, 4) is 0 Å². The van der Waals surface area contributed by atoms with Crippen LogP contribution in [0.4, 0.5) is 20.2 Å².